The van der Waals surface area contributed by atoms with E-state index in [1.54, 1.807) is 17.3 Å². The van der Waals surface area contributed by atoms with Gasteiger partial charge >= 0.3 is 0 Å². The zero-order chi connectivity index (χ0) is 15.6. The van der Waals surface area contributed by atoms with Gasteiger partial charge < -0.3 is 5.32 Å². The van der Waals surface area contributed by atoms with E-state index < -0.39 is 0 Å². The second-order valence-corrected chi connectivity index (χ2v) is 5.38. The number of carbonyl (C=O) groups excluding carboxylic acids is 1. The molecule has 0 bridgehead atoms. The van der Waals surface area contributed by atoms with E-state index in [1.165, 1.54) is 0 Å². The molecule has 2 heterocycles. The molecule has 0 aliphatic carbocycles. The van der Waals surface area contributed by atoms with Gasteiger partial charge in [0.1, 0.15) is 6.17 Å². The lowest BCUT2D eigenvalue weighted by molar-refractivity contribution is 0.0975. The number of fused-ring (bicyclic) bond motifs is 1. The van der Waals surface area contributed by atoms with Crippen LogP contribution in [0.5, 0.6) is 0 Å². The van der Waals surface area contributed by atoms with Crippen LogP contribution in [0.15, 0.2) is 79.1 Å². The van der Waals surface area contributed by atoms with Crippen molar-refractivity contribution in [3.63, 3.8) is 0 Å². The Morgan fingerprint density at radius 1 is 0.870 bits per heavy atom. The van der Waals surface area contributed by atoms with Crippen molar-refractivity contribution in [2.75, 3.05) is 10.2 Å². The van der Waals surface area contributed by atoms with Gasteiger partial charge in [-0.05, 0) is 42.0 Å². The van der Waals surface area contributed by atoms with E-state index in [9.17, 15) is 4.79 Å². The summed E-state index contributed by atoms with van der Waals surface area (Å²) in [5.41, 5.74) is 3.39. The SMILES string of the molecule is O=C1c2ccccc2N[C@@H](c2ccncc2)N1c1ccccc1. The summed E-state index contributed by atoms with van der Waals surface area (Å²) >= 11 is 0. The highest BCUT2D eigenvalue weighted by atomic mass is 16.2. The van der Waals surface area contributed by atoms with Crippen LogP contribution in [0.25, 0.3) is 0 Å². The Bertz CT molecular complexity index is 834. The highest BCUT2D eigenvalue weighted by Crippen LogP contribution is 2.36. The molecule has 0 fully saturated rings. The number of rotatable bonds is 2. The number of amides is 1. The van der Waals surface area contributed by atoms with E-state index >= 15 is 0 Å². The van der Waals surface area contributed by atoms with Crippen LogP contribution in [-0.4, -0.2) is 10.9 Å². The molecule has 1 aliphatic rings. The van der Waals surface area contributed by atoms with Gasteiger partial charge in [-0.15, -0.1) is 0 Å². The minimum Gasteiger partial charge on any atom is -0.360 e. The zero-order valence-electron chi connectivity index (χ0n) is 12.4. The first kappa shape index (κ1) is 13.5. The summed E-state index contributed by atoms with van der Waals surface area (Å²) in [6.07, 6.45) is 3.22. The van der Waals surface area contributed by atoms with Crippen molar-refractivity contribution in [3.05, 3.63) is 90.3 Å². The average Bonchev–Trinajstić information content (AvgIpc) is 2.63. The Hall–Kier alpha value is -3.14. The Morgan fingerprint density at radius 3 is 2.35 bits per heavy atom. The highest BCUT2D eigenvalue weighted by molar-refractivity contribution is 6.12. The number of para-hydroxylation sites is 2. The van der Waals surface area contributed by atoms with Gasteiger partial charge in [0.25, 0.3) is 5.91 Å². The molecule has 0 unspecified atom stereocenters. The first-order valence-electron chi connectivity index (χ1n) is 7.49. The molecular weight excluding hydrogens is 286 g/mol. The molecule has 4 nitrogen and oxygen atoms in total. The number of aromatic nitrogens is 1. The molecule has 1 aromatic heterocycles. The lowest BCUT2D eigenvalue weighted by Gasteiger charge is -2.38. The maximum absolute atomic E-state index is 13.1. The van der Waals surface area contributed by atoms with Crippen LogP contribution >= 0.6 is 0 Å². The van der Waals surface area contributed by atoms with Crippen molar-refractivity contribution in [1.82, 2.24) is 4.98 Å². The molecule has 0 radical (unpaired) electrons. The molecule has 2 aromatic carbocycles. The monoisotopic (exact) mass is 301 g/mol. The molecular formula is C19H15N3O. The van der Waals surface area contributed by atoms with Crippen molar-refractivity contribution in [2.24, 2.45) is 0 Å². The van der Waals surface area contributed by atoms with E-state index in [0.29, 0.717) is 5.56 Å². The molecule has 3 aromatic rings. The lowest BCUT2D eigenvalue weighted by atomic mass is 10.0. The van der Waals surface area contributed by atoms with Crippen molar-refractivity contribution in [1.29, 1.82) is 0 Å². The fourth-order valence-electron chi connectivity index (χ4n) is 2.89. The van der Waals surface area contributed by atoms with Crippen LogP contribution in [0.2, 0.25) is 0 Å². The van der Waals surface area contributed by atoms with Crippen molar-refractivity contribution in [2.45, 2.75) is 6.17 Å². The third-order valence-electron chi connectivity index (χ3n) is 3.98. The molecule has 4 heteroatoms. The number of nitrogens with one attached hydrogen (secondary N) is 1. The molecule has 4 rings (SSSR count). The molecule has 112 valence electrons. The maximum Gasteiger partial charge on any atom is 0.262 e. The molecule has 0 saturated heterocycles. The summed E-state index contributed by atoms with van der Waals surface area (Å²) in [5, 5.41) is 3.47. The van der Waals surface area contributed by atoms with Crippen LogP contribution in [0.4, 0.5) is 11.4 Å². The van der Waals surface area contributed by atoms with Crippen LogP contribution in [0.3, 0.4) is 0 Å². The minimum atomic E-state index is -0.261. The number of pyridine rings is 1. The van der Waals surface area contributed by atoms with Gasteiger partial charge in [-0.25, -0.2) is 0 Å². The predicted octanol–water partition coefficient (Wildman–Crippen LogP) is 3.85. The molecule has 1 atom stereocenters. The largest absolute Gasteiger partial charge is 0.360 e. The number of hydrogen-bond donors (Lipinski definition) is 1. The number of anilines is 2. The van der Waals surface area contributed by atoms with Gasteiger partial charge in [0.15, 0.2) is 0 Å². The second-order valence-electron chi connectivity index (χ2n) is 5.38. The maximum atomic E-state index is 13.1. The van der Waals surface area contributed by atoms with Crippen LogP contribution in [-0.2, 0) is 0 Å². The van der Waals surface area contributed by atoms with Gasteiger partial charge in [-0.3, -0.25) is 14.7 Å². The predicted molar refractivity (Wildman–Crippen MR) is 90.3 cm³/mol. The normalized spacial score (nSPS) is 16.6. The van der Waals surface area contributed by atoms with E-state index in [4.69, 9.17) is 0 Å². The van der Waals surface area contributed by atoms with E-state index in [-0.39, 0.29) is 12.1 Å². The Balaban J connectivity index is 1.87. The molecule has 0 saturated carbocycles. The van der Waals surface area contributed by atoms with Crippen LogP contribution < -0.4 is 10.2 Å². The standard InChI is InChI=1S/C19H15N3O/c23-19-16-8-4-5-9-17(16)21-18(14-10-12-20-13-11-14)22(19)15-6-2-1-3-7-15/h1-13,18,21H/t18-/m1/s1. The molecule has 1 N–H and O–H groups in total. The van der Waals surface area contributed by atoms with Crippen molar-refractivity contribution < 1.29 is 4.79 Å². The molecule has 1 aliphatic heterocycles. The van der Waals surface area contributed by atoms with Crippen LogP contribution in [0.1, 0.15) is 22.1 Å². The number of nitrogens with zero attached hydrogens (tertiary/aromatic N) is 2. The average molecular weight is 301 g/mol. The summed E-state index contributed by atoms with van der Waals surface area (Å²) in [6.45, 7) is 0. The Labute approximate surface area is 134 Å². The summed E-state index contributed by atoms with van der Waals surface area (Å²) < 4.78 is 0. The number of hydrogen-bond acceptors (Lipinski definition) is 3. The van der Waals surface area contributed by atoms with Crippen LogP contribution in [0, 0.1) is 0 Å². The summed E-state index contributed by atoms with van der Waals surface area (Å²) in [5.74, 6) is -0.00707. The van der Waals surface area contributed by atoms with E-state index in [0.717, 1.165) is 16.9 Å². The van der Waals surface area contributed by atoms with Crippen molar-refractivity contribution >= 4 is 17.3 Å². The van der Waals surface area contributed by atoms with E-state index in [2.05, 4.69) is 10.3 Å². The van der Waals surface area contributed by atoms with Gasteiger partial charge in [0.2, 0.25) is 0 Å². The van der Waals surface area contributed by atoms with Crippen molar-refractivity contribution in [3.8, 4) is 0 Å². The molecule has 23 heavy (non-hydrogen) atoms. The zero-order valence-corrected chi connectivity index (χ0v) is 12.4. The fourth-order valence-corrected chi connectivity index (χ4v) is 2.89. The van der Waals surface area contributed by atoms with Gasteiger partial charge in [0.05, 0.1) is 5.56 Å². The molecule has 0 spiro atoms. The van der Waals surface area contributed by atoms with Gasteiger partial charge in [-0.2, -0.15) is 0 Å². The second kappa shape index (κ2) is 5.57. The minimum absolute atomic E-state index is 0.00707. The summed E-state index contributed by atoms with van der Waals surface area (Å²) in [4.78, 5) is 18.9. The lowest BCUT2D eigenvalue weighted by Crippen LogP contribution is -2.43. The smallest absolute Gasteiger partial charge is 0.262 e. The van der Waals surface area contributed by atoms with Gasteiger partial charge in [0, 0.05) is 23.8 Å². The topological polar surface area (TPSA) is 45.2 Å². The van der Waals surface area contributed by atoms with E-state index in [1.807, 2.05) is 66.7 Å². The number of benzene rings is 2. The quantitative estimate of drug-likeness (QED) is 0.782. The third-order valence-corrected chi connectivity index (χ3v) is 3.98. The van der Waals surface area contributed by atoms with Gasteiger partial charge in [-0.1, -0.05) is 30.3 Å². The summed E-state index contributed by atoms with van der Waals surface area (Å²) in [7, 11) is 0. The fraction of sp³-hybridized carbons (Fsp3) is 0.0526. The summed E-state index contributed by atoms with van der Waals surface area (Å²) in [6, 6.07) is 21.2. The first-order valence-corrected chi connectivity index (χ1v) is 7.49. The first-order chi connectivity index (χ1) is 11.3. The highest BCUT2D eigenvalue weighted by Gasteiger charge is 2.33. The third kappa shape index (κ3) is 2.34. The molecule has 1 amide bonds. The Morgan fingerprint density at radius 2 is 1.57 bits per heavy atom. The Kier molecular flexibility index (Phi) is 3.27. The number of carbonyl (C=O) groups is 1.